The summed E-state index contributed by atoms with van der Waals surface area (Å²) in [7, 11) is 4.52. The van der Waals surface area contributed by atoms with E-state index in [0.717, 1.165) is 12.8 Å². The number of methoxy groups -OCH3 is 2. The highest BCUT2D eigenvalue weighted by Crippen LogP contribution is 2.38. The molecule has 0 spiro atoms. The first-order valence-electron chi connectivity index (χ1n) is 8.17. The lowest BCUT2D eigenvalue weighted by Crippen LogP contribution is -2.36. The van der Waals surface area contributed by atoms with Crippen LogP contribution in [0.5, 0.6) is 11.5 Å². The normalized spacial score (nSPS) is 13.0. The topological polar surface area (TPSA) is 99.9 Å². The van der Waals surface area contributed by atoms with Gasteiger partial charge < -0.3 is 19.5 Å². The molecule has 0 aliphatic carbocycles. The molecule has 0 saturated carbocycles. The van der Waals surface area contributed by atoms with Gasteiger partial charge in [-0.1, -0.05) is 19.8 Å². The summed E-state index contributed by atoms with van der Waals surface area (Å²) in [5.41, 5.74) is 0.0638. The van der Waals surface area contributed by atoms with E-state index in [9.17, 15) is 14.9 Å². The van der Waals surface area contributed by atoms with Crippen LogP contribution in [-0.2, 0) is 9.53 Å². The molecule has 0 amide bonds. The predicted molar refractivity (Wildman–Crippen MR) is 93.1 cm³/mol. The van der Waals surface area contributed by atoms with Gasteiger partial charge in [0.2, 0.25) is 0 Å². The standard InChI is InChI=1S/C17H26N2O6/c1-6-7-8-13(18-3)17(20)25-11(2)12-9-15(23-4)16(24-5)10-14(12)19(21)22/h9-11,13,18H,6-8H2,1-5H3. The van der Waals surface area contributed by atoms with E-state index in [2.05, 4.69) is 5.32 Å². The Morgan fingerprint density at radius 2 is 1.88 bits per heavy atom. The van der Waals surface area contributed by atoms with Crippen molar-refractivity contribution in [2.24, 2.45) is 0 Å². The number of carbonyl (C=O) groups excluding carboxylic acids is 1. The summed E-state index contributed by atoms with van der Waals surface area (Å²) in [6, 6.07) is 2.29. The van der Waals surface area contributed by atoms with Crippen LogP contribution in [0.3, 0.4) is 0 Å². The number of likely N-dealkylation sites (N-methyl/N-ethyl adjacent to an activating group) is 1. The average Bonchev–Trinajstić information content (AvgIpc) is 2.60. The summed E-state index contributed by atoms with van der Waals surface area (Å²) in [6.07, 6.45) is 1.69. The Bertz CT molecular complexity index is 605. The molecule has 0 saturated heterocycles. The lowest BCUT2D eigenvalue weighted by Gasteiger charge is -2.20. The van der Waals surface area contributed by atoms with Crippen molar-refractivity contribution in [2.45, 2.75) is 45.3 Å². The molecular formula is C17H26N2O6. The second kappa shape index (κ2) is 9.83. The summed E-state index contributed by atoms with van der Waals surface area (Å²) >= 11 is 0. The number of benzene rings is 1. The molecule has 1 aromatic carbocycles. The number of hydrogen-bond acceptors (Lipinski definition) is 7. The van der Waals surface area contributed by atoms with Gasteiger partial charge in [-0.15, -0.1) is 0 Å². The Morgan fingerprint density at radius 3 is 2.36 bits per heavy atom. The Kier molecular flexibility index (Phi) is 8.13. The Hall–Kier alpha value is -2.35. The summed E-state index contributed by atoms with van der Waals surface area (Å²) < 4.78 is 15.7. The van der Waals surface area contributed by atoms with Crippen LogP contribution in [0.1, 0.15) is 44.8 Å². The first-order chi connectivity index (χ1) is 11.9. The fraction of sp³-hybridized carbons (Fsp3) is 0.588. The van der Waals surface area contributed by atoms with E-state index < -0.39 is 23.0 Å². The van der Waals surface area contributed by atoms with Gasteiger partial charge in [-0.3, -0.25) is 14.9 Å². The van der Waals surface area contributed by atoms with Gasteiger partial charge in [0.15, 0.2) is 11.5 Å². The molecular weight excluding hydrogens is 328 g/mol. The largest absolute Gasteiger partial charge is 0.493 e. The number of unbranched alkanes of at least 4 members (excludes halogenated alkanes) is 1. The maximum absolute atomic E-state index is 12.3. The van der Waals surface area contributed by atoms with E-state index in [-0.39, 0.29) is 17.0 Å². The van der Waals surface area contributed by atoms with Crippen LogP contribution in [-0.4, -0.2) is 38.2 Å². The molecule has 0 radical (unpaired) electrons. The molecule has 140 valence electrons. The van der Waals surface area contributed by atoms with Gasteiger partial charge in [0.1, 0.15) is 12.1 Å². The molecule has 1 aromatic rings. The molecule has 1 N–H and O–H groups in total. The minimum absolute atomic E-state index is 0.187. The Balaban J connectivity index is 3.08. The zero-order valence-electron chi connectivity index (χ0n) is 15.3. The van der Waals surface area contributed by atoms with Crippen LogP contribution >= 0.6 is 0 Å². The number of esters is 1. The monoisotopic (exact) mass is 354 g/mol. The zero-order valence-corrected chi connectivity index (χ0v) is 15.3. The lowest BCUT2D eigenvalue weighted by molar-refractivity contribution is -0.386. The molecule has 1 rings (SSSR count). The zero-order chi connectivity index (χ0) is 19.0. The highest BCUT2D eigenvalue weighted by atomic mass is 16.6. The van der Waals surface area contributed by atoms with Gasteiger partial charge in [-0.05, 0) is 26.5 Å². The number of nitro benzene ring substituents is 1. The van der Waals surface area contributed by atoms with E-state index in [1.165, 1.54) is 26.4 Å². The van der Waals surface area contributed by atoms with Crippen molar-refractivity contribution >= 4 is 11.7 Å². The molecule has 0 bridgehead atoms. The molecule has 25 heavy (non-hydrogen) atoms. The predicted octanol–water partition coefficient (Wildman–Crippen LogP) is 2.99. The molecule has 2 unspecified atom stereocenters. The van der Waals surface area contributed by atoms with E-state index in [4.69, 9.17) is 14.2 Å². The fourth-order valence-corrected chi connectivity index (χ4v) is 2.48. The Labute approximate surface area is 147 Å². The van der Waals surface area contributed by atoms with E-state index in [1.54, 1.807) is 14.0 Å². The minimum atomic E-state index is -0.801. The van der Waals surface area contributed by atoms with Crippen molar-refractivity contribution in [1.29, 1.82) is 0 Å². The summed E-state index contributed by atoms with van der Waals surface area (Å²) in [6.45, 7) is 3.63. The second-order valence-corrected chi connectivity index (χ2v) is 5.59. The maximum atomic E-state index is 12.3. The maximum Gasteiger partial charge on any atom is 0.323 e. The van der Waals surface area contributed by atoms with Gasteiger partial charge in [-0.2, -0.15) is 0 Å². The number of nitro groups is 1. The van der Waals surface area contributed by atoms with Gasteiger partial charge in [0, 0.05) is 0 Å². The van der Waals surface area contributed by atoms with E-state index in [0.29, 0.717) is 12.2 Å². The summed E-state index contributed by atoms with van der Waals surface area (Å²) in [5, 5.41) is 14.3. The molecule has 2 atom stereocenters. The van der Waals surface area contributed by atoms with Crippen LogP contribution < -0.4 is 14.8 Å². The second-order valence-electron chi connectivity index (χ2n) is 5.59. The van der Waals surface area contributed by atoms with Crippen LogP contribution in [0.15, 0.2) is 12.1 Å². The quantitative estimate of drug-likeness (QED) is 0.391. The number of nitrogens with zero attached hydrogens (tertiary/aromatic N) is 1. The third kappa shape index (κ3) is 5.32. The van der Waals surface area contributed by atoms with Crippen molar-refractivity contribution in [3.05, 3.63) is 27.8 Å². The van der Waals surface area contributed by atoms with Gasteiger partial charge in [-0.25, -0.2) is 0 Å². The van der Waals surface area contributed by atoms with Crippen molar-refractivity contribution in [3.63, 3.8) is 0 Å². The molecule has 8 nitrogen and oxygen atoms in total. The summed E-state index contributed by atoms with van der Waals surface area (Å²) in [4.78, 5) is 23.1. The van der Waals surface area contributed by atoms with Gasteiger partial charge in [0.05, 0.1) is 30.8 Å². The molecule has 0 fully saturated rings. The molecule has 8 heteroatoms. The highest BCUT2D eigenvalue weighted by molar-refractivity contribution is 5.76. The van der Waals surface area contributed by atoms with Crippen LogP contribution in [0.25, 0.3) is 0 Å². The highest BCUT2D eigenvalue weighted by Gasteiger charge is 2.27. The number of carbonyl (C=O) groups is 1. The SMILES string of the molecule is CCCCC(NC)C(=O)OC(C)c1cc(OC)c(OC)cc1[N+](=O)[O-]. The van der Waals surface area contributed by atoms with E-state index in [1.807, 2.05) is 6.92 Å². The average molecular weight is 354 g/mol. The van der Waals surface area contributed by atoms with Gasteiger partial charge >= 0.3 is 5.97 Å². The number of hydrogen-bond donors (Lipinski definition) is 1. The summed E-state index contributed by atoms with van der Waals surface area (Å²) in [5.74, 6) is 0.141. The minimum Gasteiger partial charge on any atom is -0.493 e. The third-order valence-electron chi connectivity index (χ3n) is 3.94. The molecule has 0 aromatic heterocycles. The van der Waals surface area contributed by atoms with Crippen molar-refractivity contribution < 1.29 is 23.9 Å². The van der Waals surface area contributed by atoms with Crippen molar-refractivity contribution in [1.82, 2.24) is 5.32 Å². The fourth-order valence-electron chi connectivity index (χ4n) is 2.48. The number of nitrogens with one attached hydrogen (secondary N) is 1. The number of rotatable bonds is 10. The molecule has 0 aliphatic rings. The van der Waals surface area contributed by atoms with Crippen LogP contribution in [0, 0.1) is 10.1 Å². The van der Waals surface area contributed by atoms with Crippen molar-refractivity contribution in [2.75, 3.05) is 21.3 Å². The first kappa shape index (κ1) is 20.7. The van der Waals surface area contributed by atoms with E-state index >= 15 is 0 Å². The molecule has 0 aliphatic heterocycles. The van der Waals surface area contributed by atoms with Crippen molar-refractivity contribution in [3.8, 4) is 11.5 Å². The first-order valence-corrected chi connectivity index (χ1v) is 8.17. The smallest absolute Gasteiger partial charge is 0.323 e. The van der Waals surface area contributed by atoms with Crippen LogP contribution in [0.2, 0.25) is 0 Å². The Morgan fingerprint density at radius 1 is 1.28 bits per heavy atom. The van der Waals surface area contributed by atoms with Gasteiger partial charge in [0.25, 0.3) is 5.69 Å². The van der Waals surface area contributed by atoms with Crippen LogP contribution in [0.4, 0.5) is 5.69 Å². The lowest BCUT2D eigenvalue weighted by atomic mass is 10.1. The number of ether oxygens (including phenoxy) is 3. The molecule has 0 heterocycles. The third-order valence-corrected chi connectivity index (χ3v) is 3.94.